The van der Waals surface area contributed by atoms with Crippen LogP contribution in [0.15, 0.2) is 54.3 Å². The molecule has 0 amide bonds. The molecule has 1 aromatic rings. The Balaban J connectivity index is 1.72. The second kappa shape index (κ2) is 4.66. The first-order valence-electron chi connectivity index (χ1n) is 4.95. The molecule has 1 fully saturated rings. The number of hydrogen-bond donors (Lipinski definition) is 0. The smallest absolute Gasteiger partial charge is 0.112 e. The summed E-state index contributed by atoms with van der Waals surface area (Å²) in [5.74, 6) is 0. The Morgan fingerprint density at radius 1 is 1.14 bits per heavy atom. The van der Waals surface area contributed by atoms with Gasteiger partial charge in [-0.05, 0) is 24.5 Å². The molecule has 0 spiro atoms. The van der Waals surface area contributed by atoms with E-state index < -0.39 is 0 Å². The van der Waals surface area contributed by atoms with Gasteiger partial charge in [-0.15, -0.1) is 0 Å². The van der Waals surface area contributed by atoms with Crippen LogP contribution < -0.4 is 0 Å². The summed E-state index contributed by atoms with van der Waals surface area (Å²) in [6.45, 7) is 0.653. The maximum atomic E-state index is 5.37. The first kappa shape index (κ1) is 9.07. The van der Waals surface area contributed by atoms with Gasteiger partial charge in [-0.2, -0.15) is 0 Å². The van der Waals surface area contributed by atoms with Crippen molar-refractivity contribution < 1.29 is 4.74 Å². The predicted octanol–water partition coefficient (Wildman–Crippen LogP) is 3.44. The second-order valence-electron chi connectivity index (χ2n) is 3.45. The monoisotopic (exact) mass is 186 g/mol. The van der Waals surface area contributed by atoms with E-state index in [-0.39, 0.29) is 0 Å². The molecule has 0 aromatic heterocycles. The molecule has 1 nitrogen and oxygen atoms in total. The lowest BCUT2D eigenvalue weighted by Crippen LogP contribution is -1.84. The maximum absolute atomic E-state index is 5.37. The largest absolute Gasteiger partial charge is 0.497 e. The zero-order chi connectivity index (χ0) is 9.64. The van der Waals surface area contributed by atoms with Crippen molar-refractivity contribution in [3.05, 3.63) is 59.9 Å². The molecule has 0 unspecified atom stereocenters. The van der Waals surface area contributed by atoms with Crippen molar-refractivity contribution in [2.75, 3.05) is 0 Å². The van der Waals surface area contributed by atoms with Gasteiger partial charge in [0.1, 0.15) is 6.61 Å². The highest BCUT2D eigenvalue weighted by Gasteiger charge is 2.07. The standard InChI is InChI=1S/C13H14O/c1-2-5-13(6-3-1)11-14-10-4-7-12-8-9-12/h1-7,10H,8-9,11H2/b10-4+. The van der Waals surface area contributed by atoms with E-state index in [1.807, 2.05) is 24.3 Å². The summed E-state index contributed by atoms with van der Waals surface area (Å²) in [6, 6.07) is 10.2. The molecule has 2 rings (SSSR count). The Kier molecular flexibility index (Phi) is 3.02. The minimum absolute atomic E-state index is 0.653. The van der Waals surface area contributed by atoms with Crippen LogP contribution in [-0.2, 0) is 11.3 Å². The molecule has 0 N–H and O–H groups in total. The fraction of sp³-hybridized carbons (Fsp3) is 0.231. The van der Waals surface area contributed by atoms with Gasteiger partial charge < -0.3 is 4.74 Å². The van der Waals surface area contributed by atoms with Gasteiger partial charge in [0.05, 0.1) is 6.26 Å². The van der Waals surface area contributed by atoms with Gasteiger partial charge >= 0.3 is 0 Å². The zero-order valence-corrected chi connectivity index (χ0v) is 8.15. The number of allylic oxidation sites excluding steroid dienone is 3. The topological polar surface area (TPSA) is 9.23 Å². The van der Waals surface area contributed by atoms with Crippen molar-refractivity contribution in [1.82, 2.24) is 0 Å². The van der Waals surface area contributed by atoms with E-state index in [2.05, 4.69) is 18.2 Å². The maximum Gasteiger partial charge on any atom is 0.112 e. The van der Waals surface area contributed by atoms with Crippen LogP contribution >= 0.6 is 0 Å². The van der Waals surface area contributed by atoms with Crippen molar-refractivity contribution in [2.24, 2.45) is 0 Å². The minimum atomic E-state index is 0.653. The van der Waals surface area contributed by atoms with Gasteiger partial charge in [0.15, 0.2) is 0 Å². The van der Waals surface area contributed by atoms with E-state index in [0.29, 0.717) is 6.61 Å². The molecule has 1 aromatic carbocycles. The van der Waals surface area contributed by atoms with Crippen LogP contribution in [0.5, 0.6) is 0 Å². The second-order valence-corrected chi connectivity index (χ2v) is 3.45. The van der Waals surface area contributed by atoms with Gasteiger partial charge in [-0.25, -0.2) is 0 Å². The van der Waals surface area contributed by atoms with Crippen molar-refractivity contribution in [2.45, 2.75) is 19.4 Å². The molecule has 14 heavy (non-hydrogen) atoms. The number of ether oxygens (including phenoxy) is 1. The summed E-state index contributed by atoms with van der Waals surface area (Å²) in [6.07, 6.45) is 8.40. The van der Waals surface area contributed by atoms with Crippen LogP contribution in [0.2, 0.25) is 0 Å². The SMILES string of the molecule is C(/C=C/OCc1ccccc1)=C1CC1. The Labute approximate surface area is 84.7 Å². The highest BCUT2D eigenvalue weighted by Crippen LogP contribution is 2.27. The van der Waals surface area contributed by atoms with Crippen LogP contribution in [0.4, 0.5) is 0 Å². The van der Waals surface area contributed by atoms with Crippen LogP contribution in [0.25, 0.3) is 0 Å². The van der Waals surface area contributed by atoms with Crippen molar-refractivity contribution >= 4 is 0 Å². The predicted molar refractivity (Wildman–Crippen MR) is 57.7 cm³/mol. The van der Waals surface area contributed by atoms with Crippen molar-refractivity contribution in [3.63, 3.8) is 0 Å². The Bertz CT molecular complexity index is 330. The van der Waals surface area contributed by atoms with E-state index in [4.69, 9.17) is 4.74 Å². The molecule has 0 heterocycles. The van der Waals surface area contributed by atoms with E-state index >= 15 is 0 Å². The highest BCUT2D eigenvalue weighted by molar-refractivity contribution is 5.21. The summed E-state index contributed by atoms with van der Waals surface area (Å²) >= 11 is 0. The van der Waals surface area contributed by atoms with Gasteiger partial charge in [-0.3, -0.25) is 0 Å². The van der Waals surface area contributed by atoms with E-state index in [1.54, 1.807) is 6.26 Å². The van der Waals surface area contributed by atoms with Crippen LogP contribution in [0, 0.1) is 0 Å². The Morgan fingerprint density at radius 2 is 1.93 bits per heavy atom. The molecule has 1 heteroatoms. The summed E-state index contributed by atoms with van der Waals surface area (Å²) in [4.78, 5) is 0. The van der Waals surface area contributed by atoms with Crippen molar-refractivity contribution in [1.29, 1.82) is 0 Å². The molecule has 0 bridgehead atoms. The Morgan fingerprint density at radius 3 is 2.64 bits per heavy atom. The minimum Gasteiger partial charge on any atom is -0.497 e. The van der Waals surface area contributed by atoms with Crippen molar-refractivity contribution in [3.8, 4) is 0 Å². The van der Waals surface area contributed by atoms with E-state index in [9.17, 15) is 0 Å². The average molecular weight is 186 g/mol. The normalized spacial score (nSPS) is 14.4. The summed E-state index contributed by atoms with van der Waals surface area (Å²) < 4.78 is 5.37. The van der Waals surface area contributed by atoms with Gasteiger partial charge in [-0.1, -0.05) is 42.0 Å². The number of rotatable bonds is 4. The summed E-state index contributed by atoms with van der Waals surface area (Å²) in [7, 11) is 0. The lowest BCUT2D eigenvalue weighted by Gasteiger charge is -1.99. The molecule has 1 aliphatic carbocycles. The molecule has 0 radical (unpaired) electrons. The van der Waals surface area contributed by atoms with Crippen LogP contribution in [0.3, 0.4) is 0 Å². The van der Waals surface area contributed by atoms with Crippen LogP contribution in [-0.4, -0.2) is 0 Å². The summed E-state index contributed by atoms with van der Waals surface area (Å²) in [5, 5.41) is 0. The van der Waals surface area contributed by atoms with E-state index in [1.165, 1.54) is 24.0 Å². The third kappa shape index (κ3) is 3.09. The van der Waals surface area contributed by atoms with E-state index in [0.717, 1.165) is 0 Å². The highest BCUT2D eigenvalue weighted by atomic mass is 16.5. The molecule has 0 aliphatic heterocycles. The van der Waals surface area contributed by atoms with Gasteiger partial charge in [0.2, 0.25) is 0 Å². The fourth-order valence-corrected chi connectivity index (χ4v) is 1.19. The molecular weight excluding hydrogens is 172 g/mol. The molecule has 72 valence electrons. The molecule has 1 saturated carbocycles. The fourth-order valence-electron chi connectivity index (χ4n) is 1.19. The first-order chi connectivity index (χ1) is 6.95. The first-order valence-corrected chi connectivity index (χ1v) is 4.95. The average Bonchev–Trinajstić information content (AvgIpc) is 3.03. The number of hydrogen-bond acceptors (Lipinski definition) is 1. The molecular formula is C13H14O. The number of benzene rings is 1. The zero-order valence-electron chi connectivity index (χ0n) is 8.15. The van der Waals surface area contributed by atoms with Gasteiger partial charge in [0.25, 0.3) is 0 Å². The lowest BCUT2D eigenvalue weighted by atomic mass is 10.2. The lowest BCUT2D eigenvalue weighted by molar-refractivity contribution is 0.236. The molecule has 0 saturated heterocycles. The third-order valence-electron chi connectivity index (χ3n) is 2.14. The summed E-state index contributed by atoms with van der Waals surface area (Å²) in [5.41, 5.74) is 2.72. The molecule has 0 atom stereocenters. The van der Waals surface area contributed by atoms with Crippen LogP contribution in [0.1, 0.15) is 18.4 Å². The third-order valence-corrected chi connectivity index (χ3v) is 2.14. The van der Waals surface area contributed by atoms with Gasteiger partial charge in [0, 0.05) is 0 Å². The molecule has 1 aliphatic rings. The Hall–Kier alpha value is -1.50. The quantitative estimate of drug-likeness (QED) is 0.654.